The van der Waals surface area contributed by atoms with E-state index in [0.717, 1.165) is 18.0 Å². The maximum atomic E-state index is 2.57. The molecule has 11 heavy (non-hydrogen) atoms. The molecule has 0 spiro atoms. The molecule has 0 saturated carbocycles. The molecule has 0 unspecified atom stereocenters. The molecule has 1 rings (SSSR count). The monoisotopic (exact) mass is 156 g/mol. The zero-order chi connectivity index (χ0) is 8.27. The van der Waals surface area contributed by atoms with Crippen molar-refractivity contribution < 1.29 is 5.32 Å². The van der Waals surface area contributed by atoms with Crippen LogP contribution in [0.2, 0.25) is 0 Å². The van der Waals surface area contributed by atoms with Crippen molar-refractivity contribution in [3.8, 4) is 0 Å². The zero-order valence-electron chi connectivity index (χ0n) is 8.14. The minimum absolute atomic E-state index is 0.876. The molecule has 1 heterocycles. The van der Waals surface area contributed by atoms with Crippen LogP contribution >= 0.6 is 0 Å². The van der Waals surface area contributed by atoms with E-state index in [9.17, 15) is 0 Å². The van der Waals surface area contributed by atoms with Gasteiger partial charge in [-0.1, -0.05) is 13.8 Å². The van der Waals surface area contributed by atoms with Gasteiger partial charge in [0.05, 0.1) is 12.1 Å². The summed E-state index contributed by atoms with van der Waals surface area (Å²) in [5.74, 6) is 0.876. The third-order valence-corrected chi connectivity index (χ3v) is 2.61. The Labute approximate surface area is 70.6 Å². The highest BCUT2D eigenvalue weighted by Crippen LogP contribution is 2.12. The fourth-order valence-electron chi connectivity index (χ4n) is 2.16. The van der Waals surface area contributed by atoms with Gasteiger partial charge in [0.25, 0.3) is 0 Å². The summed E-state index contributed by atoms with van der Waals surface area (Å²) >= 11 is 0. The standard InChI is InChI=1S/C10H21N/c1-8(2)7-10-6-4-5-9(3)11-10/h8-11H,4-7H2,1-3H3/p+1/t9-,10-/m0/s1. The van der Waals surface area contributed by atoms with Gasteiger partial charge in [-0.05, 0) is 32.1 Å². The summed E-state index contributed by atoms with van der Waals surface area (Å²) in [6, 6.07) is 1.81. The zero-order valence-corrected chi connectivity index (χ0v) is 8.14. The van der Waals surface area contributed by atoms with Crippen LogP contribution in [0.15, 0.2) is 0 Å². The molecule has 1 fully saturated rings. The first-order valence-corrected chi connectivity index (χ1v) is 5.03. The van der Waals surface area contributed by atoms with E-state index in [2.05, 4.69) is 26.1 Å². The average Bonchev–Trinajstić information content (AvgIpc) is 1.85. The smallest absolute Gasteiger partial charge is 0.0863 e. The lowest BCUT2D eigenvalue weighted by atomic mass is 9.93. The molecule has 1 saturated heterocycles. The molecule has 1 aliphatic rings. The van der Waals surface area contributed by atoms with E-state index >= 15 is 0 Å². The third kappa shape index (κ3) is 3.24. The Kier molecular flexibility index (Phi) is 3.38. The number of nitrogens with two attached hydrogens (primary N) is 1. The van der Waals surface area contributed by atoms with Gasteiger partial charge in [-0.15, -0.1) is 0 Å². The van der Waals surface area contributed by atoms with Crippen molar-refractivity contribution in [2.75, 3.05) is 0 Å². The van der Waals surface area contributed by atoms with Crippen molar-refractivity contribution in [2.45, 2.75) is 58.5 Å². The molecule has 1 nitrogen and oxygen atoms in total. The molecule has 0 amide bonds. The van der Waals surface area contributed by atoms with Gasteiger partial charge in [0.15, 0.2) is 0 Å². The fourth-order valence-corrected chi connectivity index (χ4v) is 2.16. The quantitative estimate of drug-likeness (QED) is 0.624. The second kappa shape index (κ2) is 4.10. The maximum absolute atomic E-state index is 2.57. The summed E-state index contributed by atoms with van der Waals surface area (Å²) < 4.78 is 0. The molecule has 66 valence electrons. The summed E-state index contributed by atoms with van der Waals surface area (Å²) in [6.45, 7) is 7.01. The lowest BCUT2D eigenvalue weighted by Gasteiger charge is -2.26. The van der Waals surface area contributed by atoms with Gasteiger partial charge in [0, 0.05) is 6.42 Å². The maximum Gasteiger partial charge on any atom is 0.0863 e. The minimum atomic E-state index is 0.876. The van der Waals surface area contributed by atoms with E-state index in [4.69, 9.17) is 0 Å². The summed E-state index contributed by atoms with van der Waals surface area (Å²) in [7, 11) is 0. The van der Waals surface area contributed by atoms with E-state index in [1.165, 1.54) is 25.7 Å². The molecule has 0 aliphatic carbocycles. The average molecular weight is 156 g/mol. The van der Waals surface area contributed by atoms with Crippen molar-refractivity contribution in [3.05, 3.63) is 0 Å². The van der Waals surface area contributed by atoms with Crippen LogP contribution in [0, 0.1) is 5.92 Å². The first-order chi connectivity index (χ1) is 5.18. The Morgan fingerprint density at radius 2 is 2.09 bits per heavy atom. The molecule has 0 aromatic heterocycles. The largest absolute Gasteiger partial charge is 0.342 e. The van der Waals surface area contributed by atoms with Crippen molar-refractivity contribution in [1.82, 2.24) is 0 Å². The van der Waals surface area contributed by atoms with Gasteiger partial charge in [0.1, 0.15) is 0 Å². The van der Waals surface area contributed by atoms with Gasteiger partial charge in [0.2, 0.25) is 0 Å². The Morgan fingerprint density at radius 3 is 2.64 bits per heavy atom. The van der Waals surface area contributed by atoms with Crippen LogP contribution in [0.5, 0.6) is 0 Å². The molecule has 0 radical (unpaired) electrons. The highest BCUT2D eigenvalue weighted by molar-refractivity contribution is 4.64. The second-order valence-corrected chi connectivity index (χ2v) is 4.49. The highest BCUT2D eigenvalue weighted by Gasteiger charge is 2.21. The van der Waals surface area contributed by atoms with Gasteiger partial charge < -0.3 is 5.32 Å². The van der Waals surface area contributed by atoms with Crippen LogP contribution in [-0.2, 0) is 0 Å². The number of rotatable bonds is 2. The normalized spacial score (nSPS) is 32.7. The Balaban J connectivity index is 2.23. The molecule has 2 N–H and O–H groups in total. The summed E-state index contributed by atoms with van der Waals surface area (Å²) in [5.41, 5.74) is 0. The molecule has 1 heteroatoms. The van der Waals surface area contributed by atoms with Crippen molar-refractivity contribution >= 4 is 0 Å². The van der Waals surface area contributed by atoms with Crippen molar-refractivity contribution in [2.24, 2.45) is 5.92 Å². The van der Waals surface area contributed by atoms with Crippen LogP contribution in [0.4, 0.5) is 0 Å². The first-order valence-electron chi connectivity index (χ1n) is 5.03. The lowest BCUT2D eigenvalue weighted by molar-refractivity contribution is -0.728. The summed E-state index contributed by atoms with van der Waals surface area (Å²) in [4.78, 5) is 0. The molecule has 0 bridgehead atoms. The van der Waals surface area contributed by atoms with E-state index in [1.807, 2.05) is 0 Å². The van der Waals surface area contributed by atoms with E-state index in [-0.39, 0.29) is 0 Å². The molecule has 2 atom stereocenters. The number of quaternary nitrogens is 1. The third-order valence-electron chi connectivity index (χ3n) is 2.61. The van der Waals surface area contributed by atoms with Crippen LogP contribution in [-0.4, -0.2) is 12.1 Å². The van der Waals surface area contributed by atoms with Gasteiger partial charge in [-0.3, -0.25) is 0 Å². The number of piperidine rings is 1. The van der Waals surface area contributed by atoms with Crippen LogP contribution < -0.4 is 5.32 Å². The van der Waals surface area contributed by atoms with E-state index < -0.39 is 0 Å². The lowest BCUT2D eigenvalue weighted by Crippen LogP contribution is -2.95. The Hall–Kier alpha value is -0.0400. The highest BCUT2D eigenvalue weighted by atomic mass is 15.0. The predicted molar refractivity (Wildman–Crippen MR) is 48.5 cm³/mol. The Morgan fingerprint density at radius 1 is 1.36 bits per heavy atom. The van der Waals surface area contributed by atoms with Crippen molar-refractivity contribution in [1.29, 1.82) is 0 Å². The molecular weight excluding hydrogens is 134 g/mol. The fraction of sp³-hybridized carbons (Fsp3) is 1.00. The second-order valence-electron chi connectivity index (χ2n) is 4.49. The minimum Gasteiger partial charge on any atom is -0.342 e. The molecular formula is C10H22N+. The summed E-state index contributed by atoms with van der Waals surface area (Å²) in [6.07, 6.45) is 5.73. The Bertz CT molecular complexity index is 107. The number of hydrogen-bond donors (Lipinski definition) is 1. The number of hydrogen-bond acceptors (Lipinski definition) is 0. The van der Waals surface area contributed by atoms with E-state index in [0.29, 0.717) is 0 Å². The van der Waals surface area contributed by atoms with Crippen LogP contribution in [0.25, 0.3) is 0 Å². The molecule has 0 aromatic rings. The SMILES string of the molecule is CC(C)C[C@@H]1CCC[C@H](C)[NH2+]1. The van der Waals surface area contributed by atoms with Crippen LogP contribution in [0.1, 0.15) is 46.5 Å². The predicted octanol–water partition coefficient (Wildman–Crippen LogP) is 1.54. The van der Waals surface area contributed by atoms with Gasteiger partial charge >= 0.3 is 0 Å². The van der Waals surface area contributed by atoms with Gasteiger partial charge in [-0.25, -0.2) is 0 Å². The van der Waals surface area contributed by atoms with Gasteiger partial charge in [-0.2, -0.15) is 0 Å². The molecule has 1 aliphatic heterocycles. The van der Waals surface area contributed by atoms with E-state index in [1.54, 1.807) is 0 Å². The topological polar surface area (TPSA) is 16.6 Å². The van der Waals surface area contributed by atoms with Crippen molar-refractivity contribution in [3.63, 3.8) is 0 Å². The first kappa shape index (κ1) is 9.05. The summed E-state index contributed by atoms with van der Waals surface area (Å²) in [5, 5.41) is 2.57. The van der Waals surface area contributed by atoms with Crippen LogP contribution in [0.3, 0.4) is 0 Å². The molecule has 0 aromatic carbocycles.